The maximum atomic E-state index is 7.89. The molecule has 14 heavy (non-hydrogen) atoms. The van der Waals surface area contributed by atoms with E-state index in [1.165, 1.54) is 0 Å². The fourth-order valence-corrected chi connectivity index (χ4v) is 1.76. The van der Waals surface area contributed by atoms with Crippen LogP contribution in [-0.4, -0.2) is 50.3 Å². The number of likely N-dealkylation sites (tertiary alicyclic amines) is 1. The van der Waals surface area contributed by atoms with E-state index in [1.807, 2.05) is 18.7 Å². The second-order valence-electron chi connectivity index (χ2n) is 3.99. The normalized spacial score (nSPS) is 27.4. The molecule has 4 nitrogen and oxygen atoms in total. The van der Waals surface area contributed by atoms with E-state index in [0.29, 0.717) is 5.84 Å². The standard InChI is InChI=1S/C10H20N2O2/c1-7(2)10(11)12-5-8(13-3)9(6-12)14-4/h7-9,11H,5-6H2,1-4H3. The van der Waals surface area contributed by atoms with Crippen LogP contribution in [0.4, 0.5) is 0 Å². The molecule has 0 radical (unpaired) electrons. The zero-order chi connectivity index (χ0) is 10.7. The van der Waals surface area contributed by atoms with Gasteiger partial charge >= 0.3 is 0 Å². The predicted octanol–water partition coefficient (Wildman–Crippen LogP) is 0.965. The molecule has 0 aromatic heterocycles. The van der Waals surface area contributed by atoms with Gasteiger partial charge in [-0.3, -0.25) is 5.41 Å². The van der Waals surface area contributed by atoms with Crippen molar-refractivity contribution in [2.45, 2.75) is 26.1 Å². The Kier molecular flexibility index (Phi) is 3.89. The van der Waals surface area contributed by atoms with Crippen molar-refractivity contribution in [1.29, 1.82) is 5.41 Å². The quantitative estimate of drug-likeness (QED) is 0.545. The van der Waals surface area contributed by atoms with Crippen LogP contribution in [-0.2, 0) is 9.47 Å². The highest BCUT2D eigenvalue weighted by molar-refractivity contribution is 5.81. The zero-order valence-corrected chi connectivity index (χ0v) is 9.41. The van der Waals surface area contributed by atoms with Gasteiger partial charge in [-0.05, 0) is 0 Å². The van der Waals surface area contributed by atoms with Gasteiger partial charge < -0.3 is 14.4 Å². The number of hydrogen-bond donors (Lipinski definition) is 1. The van der Waals surface area contributed by atoms with E-state index in [2.05, 4.69) is 0 Å². The molecule has 1 aliphatic rings. The molecule has 1 rings (SSSR count). The van der Waals surface area contributed by atoms with Crippen LogP contribution in [0.5, 0.6) is 0 Å². The fourth-order valence-electron chi connectivity index (χ4n) is 1.76. The minimum absolute atomic E-state index is 0.0964. The molecule has 4 heteroatoms. The number of nitrogens with one attached hydrogen (secondary N) is 1. The van der Waals surface area contributed by atoms with Crippen LogP contribution in [0, 0.1) is 11.3 Å². The summed E-state index contributed by atoms with van der Waals surface area (Å²) in [7, 11) is 3.39. The van der Waals surface area contributed by atoms with Crippen LogP contribution >= 0.6 is 0 Å². The van der Waals surface area contributed by atoms with E-state index in [4.69, 9.17) is 14.9 Å². The number of nitrogens with zero attached hydrogens (tertiary/aromatic N) is 1. The molecule has 2 unspecified atom stereocenters. The molecule has 0 aromatic carbocycles. The first-order chi connectivity index (χ1) is 6.60. The van der Waals surface area contributed by atoms with Gasteiger partial charge in [-0.15, -0.1) is 0 Å². The third-order valence-electron chi connectivity index (χ3n) is 2.71. The second-order valence-corrected chi connectivity index (χ2v) is 3.99. The molecule has 0 bridgehead atoms. The molecule has 1 heterocycles. The largest absolute Gasteiger partial charge is 0.377 e. The summed E-state index contributed by atoms with van der Waals surface area (Å²) in [5.74, 6) is 0.940. The summed E-state index contributed by atoms with van der Waals surface area (Å²) in [6.45, 7) is 5.60. The van der Waals surface area contributed by atoms with Gasteiger partial charge in [0.05, 0.1) is 5.84 Å². The molecule has 0 amide bonds. The third kappa shape index (κ3) is 2.25. The van der Waals surface area contributed by atoms with E-state index >= 15 is 0 Å². The molecule has 82 valence electrons. The highest BCUT2D eigenvalue weighted by Crippen LogP contribution is 2.17. The number of amidine groups is 1. The minimum Gasteiger partial charge on any atom is -0.377 e. The molecule has 0 aromatic rings. The lowest BCUT2D eigenvalue weighted by molar-refractivity contribution is -0.00461. The Bertz CT molecular complexity index is 194. The summed E-state index contributed by atoms with van der Waals surface area (Å²) < 4.78 is 10.6. The summed E-state index contributed by atoms with van der Waals surface area (Å²) in [5, 5.41) is 7.89. The van der Waals surface area contributed by atoms with Crippen molar-refractivity contribution in [3.05, 3.63) is 0 Å². The Morgan fingerprint density at radius 2 is 1.64 bits per heavy atom. The second kappa shape index (κ2) is 4.75. The average Bonchev–Trinajstić information content (AvgIpc) is 2.59. The number of ether oxygens (including phenoxy) is 2. The number of hydrogen-bond acceptors (Lipinski definition) is 3. The van der Waals surface area contributed by atoms with Gasteiger partial charge in [0.1, 0.15) is 12.2 Å². The van der Waals surface area contributed by atoms with Crippen LogP contribution in [0.1, 0.15) is 13.8 Å². The molecule has 0 spiro atoms. The summed E-state index contributed by atoms with van der Waals surface area (Å²) in [6, 6.07) is 0. The van der Waals surface area contributed by atoms with Gasteiger partial charge in [0.15, 0.2) is 0 Å². The van der Waals surface area contributed by atoms with Gasteiger partial charge in [0, 0.05) is 33.2 Å². The molecule has 1 aliphatic heterocycles. The van der Waals surface area contributed by atoms with Crippen LogP contribution in [0.3, 0.4) is 0 Å². The van der Waals surface area contributed by atoms with Crippen molar-refractivity contribution < 1.29 is 9.47 Å². The molecular formula is C10H20N2O2. The average molecular weight is 200 g/mol. The first-order valence-corrected chi connectivity index (χ1v) is 4.99. The van der Waals surface area contributed by atoms with Crippen LogP contribution in [0.25, 0.3) is 0 Å². The van der Waals surface area contributed by atoms with Gasteiger partial charge in [-0.2, -0.15) is 0 Å². The first kappa shape index (κ1) is 11.5. The van der Waals surface area contributed by atoms with E-state index in [-0.39, 0.29) is 18.1 Å². The minimum atomic E-state index is 0.0964. The van der Waals surface area contributed by atoms with E-state index in [0.717, 1.165) is 13.1 Å². The molecular weight excluding hydrogens is 180 g/mol. The van der Waals surface area contributed by atoms with Gasteiger partial charge in [0.2, 0.25) is 0 Å². The molecule has 1 fully saturated rings. The highest BCUT2D eigenvalue weighted by Gasteiger charge is 2.34. The van der Waals surface area contributed by atoms with E-state index < -0.39 is 0 Å². The first-order valence-electron chi connectivity index (χ1n) is 4.99. The third-order valence-corrected chi connectivity index (χ3v) is 2.71. The fraction of sp³-hybridized carbons (Fsp3) is 0.900. The Labute approximate surface area is 85.7 Å². The lowest BCUT2D eigenvalue weighted by atomic mass is 10.2. The Morgan fingerprint density at radius 3 is 1.93 bits per heavy atom. The van der Waals surface area contributed by atoms with Gasteiger partial charge in [-0.1, -0.05) is 13.8 Å². The Balaban J connectivity index is 2.57. The predicted molar refractivity (Wildman–Crippen MR) is 55.7 cm³/mol. The molecule has 0 saturated carbocycles. The Hall–Kier alpha value is -0.610. The van der Waals surface area contributed by atoms with Gasteiger partial charge in [0.25, 0.3) is 0 Å². The smallest absolute Gasteiger partial charge is 0.102 e. The summed E-state index contributed by atoms with van der Waals surface area (Å²) in [4.78, 5) is 2.03. The van der Waals surface area contributed by atoms with E-state index in [9.17, 15) is 0 Å². The lowest BCUT2D eigenvalue weighted by Gasteiger charge is -2.21. The monoisotopic (exact) mass is 200 g/mol. The topological polar surface area (TPSA) is 45.5 Å². The van der Waals surface area contributed by atoms with Crippen molar-refractivity contribution in [2.24, 2.45) is 5.92 Å². The van der Waals surface area contributed by atoms with E-state index in [1.54, 1.807) is 14.2 Å². The molecule has 0 aliphatic carbocycles. The number of rotatable bonds is 3. The maximum absolute atomic E-state index is 7.89. The molecule has 1 saturated heterocycles. The summed E-state index contributed by atoms with van der Waals surface area (Å²) >= 11 is 0. The van der Waals surface area contributed by atoms with Crippen molar-refractivity contribution >= 4 is 5.84 Å². The lowest BCUT2D eigenvalue weighted by Crippen LogP contribution is -2.32. The maximum Gasteiger partial charge on any atom is 0.102 e. The van der Waals surface area contributed by atoms with Gasteiger partial charge in [-0.25, -0.2) is 0 Å². The van der Waals surface area contributed by atoms with Crippen LogP contribution in [0.2, 0.25) is 0 Å². The summed E-state index contributed by atoms with van der Waals surface area (Å²) in [6.07, 6.45) is 0.193. The van der Waals surface area contributed by atoms with Crippen LogP contribution < -0.4 is 0 Å². The number of methoxy groups -OCH3 is 2. The SMILES string of the molecule is COC1CN(C(=N)C(C)C)CC1OC. The molecule has 1 N–H and O–H groups in total. The van der Waals surface area contributed by atoms with Crippen molar-refractivity contribution in [1.82, 2.24) is 4.90 Å². The highest BCUT2D eigenvalue weighted by atomic mass is 16.5. The summed E-state index contributed by atoms with van der Waals surface area (Å²) in [5.41, 5.74) is 0. The Morgan fingerprint density at radius 1 is 1.21 bits per heavy atom. The zero-order valence-electron chi connectivity index (χ0n) is 9.41. The van der Waals surface area contributed by atoms with Crippen molar-refractivity contribution in [3.63, 3.8) is 0 Å². The van der Waals surface area contributed by atoms with Crippen molar-refractivity contribution in [3.8, 4) is 0 Å². The molecule has 2 atom stereocenters. The van der Waals surface area contributed by atoms with Crippen LogP contribution in [0.15, 0.2) is 0 Å². The van der Waals surface area contributed by atoms with Crippen molar-refractivity contribution in [2.75, 3.05) is 27.3 Å².